The number of fused-ring (bicyclic) bond motifs is 6. The molecule has 1 atom stereocenters. The third kappa shape index (κ3) is 6.33. The van der Waals surface area contributed by atoms with Crippen molar-refractivity contribution in [3.63, 3.8) is 0 Å². The minimum Gasteiger partial charge on any atom is -0.363 e. The number of aryl methyl sites for hydroxylation is 2. The Labute approximate surface area is 276 Å². The zero-order valence-electron chi connectivity index (χ0n) is 26.8. The lowest BCUT2D eigenvalue weighted by molar-refractivity contribution is -0.0886. The van der Waals surface area contributed by atoms with Crippen LogP contribution in [-0.2, 0) is 35.4 Å². The summed E-state index contributed by atoms with van der Waals surface area (Å²) >= 11 is 0. The van der Waals surface area contributed by atoms with Gasteiger partial charge in [-0.25, -0.2) is 31.6 Å². The molecule has 2 saturated heterocycles. The molecule has 48 heavy (non-hydrogen) atoms. The zero-order chi connectivity index (χ0) is 33.6. The summed E-state index contributed by atoms with van der Waals surface area (Å²) in [6, 6.07) is 5.08. The number of nitrogens with one attached hydrogen (secondary N) is 1. The Bertz CT molecular complexity index is 1980. The molecule has 1 aromatic carbocycles. The third-order valence-corrected chi connectivity index (χ3v) is 11.9. The SMILES string of the molecule is C[C@@H]1Nc2ncnc3c2cc(C2CCS(=O)(=O)CC2)c(=O)n3CCCCn2cc(nn2)CN2CCC(CC2)C(F)(F)c2cccc1c2F. The summed E-state index contributed by atoms with van der Waals surface area (Å²) < 4.78 is 75.8. The van der Waals surface area contributed by atoms with E-state index in [1.165, 1.54) is 24.5 Å². The number of halogens is 3. The van der Waals surface area contributed by atoms with Crippen molar-refractivity contribution in [2.45, 2.75) is 83.0 Å². The predicted octanol–water partition coefficient (Wildman–Crippen LogP) is 4.79. The maximum atomic E-state index is 16.1. The molecule has 0 spiro atoms. The van der Waals surface area contributed by atoms with Gasteiger partial charge in [0.1, 0.15) is 33.4 Å². The molecule has 15 heteroatoms. The molecule has 4 aromatic rings. The standard InChI is InChI=1S/C33H39F3N8O3S/c1-21-25-5-4-6-28(29(25)34)33(35,36)23-7-13-42(14-8-23)18-24-19-43(41-40-24)11-2-3-12-44-31-27(30(39-21)37-20-38-31)17-26(32(44)45)22-9-15-48(46,47)16-10-22/h4-6,17,19-23H,2-3,7-16,18H2,1H3,(H,37,38,39)/t21-/m0/s1. The molecule has 4 aliphatic heterocycles. The fourth-order valence-corrected chi connectivity index (χ4v) is 8.90. The quantitative estimate of drug-likeness (QED) is 0.301. The van der Waals surface area contributed by atoms with Crippen molar-refractivity contribution in [2.75, 3.05) is 29.9 Å². The number of anilines is 1. The number of piperidine rings is 1. The highest BCUT2D eigenvalue weighted by Gasteiger charge is 2.45. The van der Waals surface area contributed by atoms with Crippen LogP contribution in [0.3, 0.4) is 0 Å². The number of hydrogen-bond donors (Lipinski definition) is 1. The lowest BCUT2D eigenvalue weighted by Gasteiger charge is -2.36. The second-order valence-corrected chi connectivity index (χ2v) is 15.7. The van der Waals surface area contributed by atoms with E-state index in [9.17, 15) is 13.2 Å². The highest BCUT2D eigenvalue weighted by atomic mass is 32.2. The highest BCUT2D eigenvalue weighted by molar-refractivity contribution is 7.91. The number of rotatable bonds is 1. The van der Waals surface area contributed by atoms with E-state index in [0.29, 0.717) is 80.8 Å². The number of nitrogens with zero attached hydrogens (tertiary/aromatic N) is 7. The summed E-state index contributed by atoms with van der Waals surface area (Å²) in [5, 5.41) is 12.3. The van der Waals surface area contributed by atoms with Crippen LogP contribution in [0.4, 0.5) is 19.0 Å². The average Bonchev–Trinajstić information content (AvgIpc) is 3.50. The minimum absolute atomic E-state index is 0.00133. The number of pyridine rings is 1. The van der Waals surface area contributed by atoms with E-state index < -0.39 is 39.1 Å². The fourth-order valence-electron chi connectivity index (χ4n) is 7.41. The van der Waals surface area contributed by atoms with Crippen LogP contribution in [0.15, 0.2) is 41.6 Å². The van der Waals surface area contributed by atoms with Crippen LogP contribution in [0.2, 0.25) is 0 Å². The van der Waals surface area contributed by atoms with Crippen molar-refractivity contribution in [1.29, 1.82) is 0 Å². The van der Waals surface area contributed by atoms with E-state index in [1.54, 1.807) is 22.2 Å². The van der Waals surface area contributed by atoms with Crippen LogP contribution in [-0.4, -0.2) is 67.4 Å². The lowest BCUT2D eigenvalue weighted by Crippen LogP contribution is -2.39. The van der Waals surface area contributed by atoms with Gasteiger partial charge in [-0.1, -0.05) is 23.4 Å². The van der Waals surface area contributed by atoms with Crippen LogP contribution in [0.5, 0.6) is 0 Å². The van der Waals surface area contributed by atoms with Gasteiger partial charge in [0.25, 0.3) is 11.5 Å². The fraction of sp³-hybridized carbons (Fsp3) is 0.545. The second-order valence-electron chi connectivity index (χ2n) is 13.4. The van der Waals surface area contributed by atoms with Crippen LogP contribution in [0.1, 0.15) is 79.8 Å². The van der Waals surface area contributed by atoms with Crippen LogP contribution in [0.25, 0.3) is 11.0 Å². The average molecular weight is 685 g/mol. The summed E-state index contributed by atoms with van der Waals surface area (Å²) in [7, 11) is -3.16. The molecule has 11 nitrogen and oxygen atoms in total. The first-order valence-electron chi connectivity index (χ1n) is 16.6. The van der Waals surface area contributed by atoms with Crippen LogP contribution < -0.4 is 10.9 Å². The first-order valence-corrected chi connectivity index (χ1v) is 18.5. The van der Waals surface area contributed by atoms with Crippen LogP contribution >= 0.6 is 0 Å². The molecular formula is C33H39F3N8O3S. The summed E-state index contributed by atoms with van der Waals surface area (Å²) in [5.74, 6) is -5.27. The van der Waals surface area contributed by atoms with Gasteiger partial charge < -0.3 is 5.32 Å². The maximum absolute atomic E-state index is 16.1. The molecule has 0 amide bonds. The Kier molecular flexibility index (Phi) is 8.77. The van der Waals surface area contributed by atoms with Crippen LogP contribution in [0, 0.1) is 11.7 Å². The minimum atomic E-state index is -3.37. The molecule has 0 radical (unpaired) electrons. The van der Waals surface area contributed by atoms with Gasteiger partial charge in [-0.15, -0.1) is 5.10 Å². The summed E-state index contributed by atoms with van der Waals surface area (Å²) in [6.07, 6.45) is 5.62. The van der Waals surface area contributed by atoms with E-state index in [1.807, 2.05) is 6.20 Å². The molecule has 0 saturated carbocycles. The molecule has 7 heterocycles. The van der Waals surface area contributed by atoms with Gasteiger partial charge in [0.15, 0.2) is 0 Å². The Morgan fingerprint density at radius 2 is 1.73 bits per heavy atom. The Hall–Kier alpha value is -3.85. The summed E-state index contributed by atoms with van der Waals surface area (Å²) in [6.45, 7) is 3.99. The first-order chi connectivity index (χ1) is 23.0. The van der Waals surface area contributed by atoms with Gasteiger partial charge in [-0.2, -0.15) is 0 Å². The molecule has 256 valence electrons. The second kappa shape index (κ2) is 12.9. The van der Waals surface area contributed by atoms with Crippen molar-refractivity contribution >= 4 is 26.7 Å². The predicted molar refractivity (Wildman–Crippen MR) is 174 cm³/mol. The van der Waals surface area contributed by atoms with Crippen molar-refractivity contribution in [3.05, 3.63) is 75.3 Å². The van der Waals surface area contributed by atoms with E-state index in [-0.39, 0.29) is 41.4 Å². The number of benzene rings is 1. The largest absolute Gasteiger partial charge is 0.363 e. The Morgan fingerprint density at radius 3 is 2.50 bits per heavy atom. The van der Waals surface area contributed by atoms with Crippen molar-refractivity contribution < 1.29 is 21.6 Å². The number of alkyl halides is 2. The summed E-state index contributed by atoms with van der Waals surface area (Å²) in [5.41, 5.74) is 0.841. The Morgan fingerprint density at radius 1 is 0.979 bits per heavy atom. The van der Waals surface area contributed by atoms with E-state index in [2.05, 4.69) is 30.5 Å². The zero-order valence-corrected chi connectivity index (χ0v) is 27.6. The normalized spacial score (nSPS) is 24.9. The smallest absolute Gasteiger partial charge is 0.278 e. The number of hydrogen-bond acceptors (Lipinski definition) is 9. The molecule has 3 aromatic heterocycles. The summed E-state index contributed by atoms with van der Waals surface area (Å²) in [4.78, 5) is 25.0. The molecule has 4 aliphatic rings. The van der Waals surface area contributed by atoms with Gasteiger partial charge >= 0.3 is 0 Å². The monoisotopic (exact) mass is 684 g/mol. The van der Waals surface area contributed by atoms with Gasteiger partial charge in [0.05, 0.1) is 34.2 Å². The van der Waals surface area contributed by atoms with Crippen molar-refractivity contribution in [1.82, 2.24) is 34.4 Å². The molecule has 1 N–H and O–H groups in total. The van der Waals surface area contributed by atoms with Crippen molar-refractivity contribution in [2.24, 2.45) is 5.92 Å². The third-order valence-electron chi connectivity index (χ3n) is 10.2. The van der Waals surface area contributed by atoms with Gasteiger partial charge in [-0.05, 0) is 70.5 Å². The Balaban J connectivity index is 1.30. The number of aromatic nitrogens is 6. The maximum Gasteiger partial charge on any atom is 0.278 e. The van der Waals surface area contributed by atoms with Gasteiger partial charge in [0, 0.05) is 42.9 Å². The highest BCUT2D eigenvalue weighted by Crippen LogP contribution is 2.44. The lowest BCUT2D eigenvalue weighted by atomic mass is 9.85. The van der Waals surface area contributed by atoms with Crippen molar-refractivity contribution in [3.8, 4) is 0 Å². The van der Waals surface area contributed by atoms with Gasteiger partial charge in [0.2, 0.25) is 0 Å². The van der Waals surface area contributed by atoms with E-state index in [4.69, 9.17) is 0 Å². The van der Waals surface area contributed by atoms with E-state index in [0.717, 1.165) is 5.69 Å². The van der Waals surface area contributed by atoms with Gasteiger partial charge in [-0.3, -0.25) is 18.9 Å². The molecule has 0 unspecified atom stereocenters. The molecule has 0 aliphatic carbocycles. The van der Waals surface area contributed by atoms with E-state index >= 15 is 13.2 Å². The topological polar surface area (TPSA) is 128 Å². The number of sulfone groups is 1. The molecular weight excluding hydrogens is 645 g/mol. The molecule has 2 fully saturated rings. The first kappa shape index (κ1) is 32.7. The molecule has 10 bridgehead atoms. The molecule has 8 rings (SSSR count).